The Morgan fingerprint density at radius 2 is 1.93 bits per heavy atom. The van der Waals surface area contributed by atoms with Gasteiger partial charge in [-0.2, -0.15) is 4.31 Å². The van der Waals surface area contributed by atoms with Gasteiger partial charge in [0.25, 0.3) is 5.56 Å². The lowest BCUT2D eigenvalue weighted by atomic mass is 10.2. The maximum atomic E-state index is 12.7. The Bertz CT molecular complexity index is 994. The van der Waals surface area contributed by atoms with Gasteiger partial charge in [0.05, 0.1) is 13.2 Å². The second-order valence-electron chi connectivity index (χ2n) is 6.24. The van der Waals surface area contributed by atoms with Gasteiger partial charge >= 0.3 is 0 Å². The van der Waals surface area contributed by atoms with Crippen LogP contribution in [-0.4, -0.2) is 49.5 Å². The summed E-state index contributed by atoms with van der Waals surface area (Å²) in [6, 6.07) is 9.98. The van der Waals surface area contributed by atoms with Gasteiger partial charge in [-0.05, 0) is 36.8 Å². The van der Waals surface area contributed by atoms with Crippen LogP contribution >= 0.6 is 0 Å². The SMILES string of the molecule is Cc1cccc(NC(=O)Cn2cccc(S(=O)(=O)N3CCOCC3)c2=O)c1. The highest BCUT2D eigenvalue weighted by Gasteiger charge is 2.29. The predicted octanol–water partition coefficient (Wildman–Crippen LogP) is 0.816. The number of rotatable bonds is 5. The van der Waals surface area contributed by atoms with Crippen LogP contribution in [0.4, 0.5) is 5.69 Å². The third-order valence-corrected chi connectivity index (χ3v) is 6.10. The molecule has 1 aliphatic heterocycles. The Morgan fingerprint density at radius 1 is 1.19 bits per heavy atom. The maximum absolute atomic E-state index is 12.7. The van der Waals surface area contributed by atoms with E-state index in [9.17, 15) is 18.0 Å². The molecule has 1 saturated heterocycles. The van der Waals surface area contributed by atoms with Crippen LogP contribution in [0.5, 0.6) is 0 Å². The molecule has 1 fully saturated rings. The molecule has 9 heteroatoms. The summed E-state index contributed by atoms with van der Waals surface area (Å²) in [5, 5.41) is 2.70. The molecule has 8 nitrogen and oxygen atoms in total. The predicted molar refractivity (Wildman–Crippen MR) is 100 cm³/mol. The Kier molecular flexibility index (Phi) is 5.73. The number of hydrogen-bond acceptors (Lipinski definition) is 5. The van der Waals surface area contributed by atoms with E-state index in [2.05, 4.69) is 5.32 Å². The van der Waals surface area contributed by atoms with Crippen LogP contribution in [0, 0.1) is 6.92 Å². The van der Waals surface area contributed by atoms with Crippen LogP contribution in [0.1, 0.15) is 5.56 Å². The zero-order valence-electron chi connectivity index (χ0n) is 14.9. The summed E-state index contributed by atoms with van der Waals surface area (Å²) in [5.41, 5.74) is 0.886. The minimum atomic E-state index is -3.93. The maximum Gasteiger partial charge on any atom is 0.271 e. The lowest BCUT2D eigenvalue weighted by molar-refractivity contribution is -0.116. The smallest absolute Gasteiger partial charge is 0.271 e. The van der Waals surface area contributed by atoms with Gasteiger partial charge in [0, 0.05) is 25.0 Å². The number of carbonyl (C=O) groups excluding carboxylic acids is 1. The van der Waals surface area contributed by atoms with Gasteiger partial charge in [-0.15, -0.1) is 0 Å². The summed E-state index contributed by atoms with van der Waals surface area (Å²) in [6.45, 7) is 2.60. The van der Waals surface area contributed by atoms with Gasteiger partial charge in [-0.3, -0.25) is 9.59 Å². The van der Waals surface area contributed by atoms with Crippen molar-refractivity contribution in [1.82, 2.24) is 8.87 Å². The molecule has 144 valence electrons. The lowest BCUT2D eigenvalue weighted by Crippen LogP contribution is -2.43. The summed E-state index contributed by atoms with van der Waals surface area (Å²) in [6.07, 6.45) is 1.40. The molecule has 1 aromatic carbocycles. The summed E-state index contributed by atoms with van der Waals surface area (Å²) in [5.74, 6) is -0.413. The first-order valence-electron chi connectivity index (χ1n) is 8.52. The summed E-state index contributed by atoms with van der Waals surface area (Å²) < 4.78 is 32.9. The highest BCUT2D eigenvalue weighted by molar-refractivity contribution is 7.89. The van der Waals surface area contributed by atoms with E-state index in [1.54, 1.807) is 12.1 Å². The number of aromatic nitrogens is 1. The fourth-order valence-electron chi connectivity index (χ4n) is 2.84. The third kappa shape index (κ3) is 4.44. The third-order valence-electron chi connectivity index (χ3n) is 4.19. The topological polar surface area (TPSA) is 97.7 Å². The average Bonchev–Trinajstić information content (AvgIpc) is 2.64. The molecule has 0 saturated carbocycles. The van der Waals surface area contributed by atoms with E-state index in [1.807, 2.05) is 19.1 Å². The molecule has 0 radical (unpaired) electrons. The number of morpholine rings is 1. The number of amides is 1. The van der Waals surface area contributed by atoms with Crippen LogP contribution in [0.2, 0.25) is 0 Å². The van der Waals surface area contributed by atoms with E-state index >= 15 is 0 Å². The number of pyridine rings is 1. The molecule has 0 bridgehead atoms. The van der Waals surface area contributed by atoms with E-state index in [-0.39, 0.29) is 24.5 Å². The number of ether oxygens (including phenoxy) is 1. The molecule has 2 heterocycles. The first-order chi connectivity index (χ1) is 12.9. The molecule has 0 unspecified atom stereocenters. The first kappa shape index (κ1) is 19.3. The minimum absolute atomic E-state index is 0.199. The van der Waals surface area contributed by atoms with Gasteiger partial charge in [0.2, 0.25) is 15.9 Å². The van der Waals surface area contributed by atoms with Gasteiger partial charge in [-0.25, -0.2) is 8.42 Å². The Balaban J connectivity index is 1.80. The summed E-state index contributed by atoms with van der Waals surface area (Å²) in [4.78, 5) is 24.6. The molecule has 1 aliphatic rings. The molecule has 0 spiro atoms. The minimum Gasteiger partial charge on any atom is -0.379 e. The molecule has 3 rings (SSSR count). The van der Waals surface area contributed by atoms with Crippen LogP contribution < -0.4 is 10.9 Å². The van der Waals surface area contributed by atoms with Gasteiger partial charge in [0.1, 0.15) is 11.4 Å². The number of sulfonamides is 1. The quantitative estimate of drug-likeness (QED) is 0.814. The molecule has 27 heavy (non-hydrogen) atoms. The van der Waals surface area contributed by atoms with E-state index < -0.39 is 21.5 Å². The van der Waals surface area contributed by atoms with Crippen molar-refractivity contribution in [3.8, 4) is 0 Å². The highest BCUT2D eigenvalue weighted by atomic mass is 32.2. The molecule has 2 aromatic rings. The fraction of sp³-hybridized carbons (Fsp3) is 0.333. The molecular formula is C18H21N3O5S. The summed E-state index contributed by atoms with van der Waals surface area (Å²) >= 11 is 0. The molecule has 0 atom stereocenters. The zero-order chi connectivity index (χ0) is 19.4. The van der Waals surface area contributed by atoms with Crippen molar-refractivity contribution in [2.24, 2.45) is 0 Å². The molecule has 1 amide bonds. The second-order valence-corrected chi connectivity index (χ2v) is 8.15. The van der Waals surface area contributed by atoms with Crippen molar-refractivity contribution >= 4 is 21.6 Å². The van der Waals surface area contributed by atoms with Crippen LogP contribution in [0.3, 0.4) is 0 Å². The van der Waals surface area contributed by atoms with Crippen molar-refractivity contribution in [3.63, 3.8) is 0 Å². The molecule has 1 N–H and O–H groups in total. The lowest BCUT2D eigenvalue weighted by Gasteiger charge is -2.25. The average molecular weight is 391 g/mol. The molecule has 1 aromatic heterocycles. The summed E-state index contributed by atoms with van der Waals surface area (Å²) in [7, 11) is -3.93. The van der Waals surface area contributed by atoms with Crippen molar-refractivity contribution in [1.29, 1.82) is 0 Å². The number of nitrogens with zero attached hydrogens (tertiary/aromatic N) is 2. The monoisotopic (exact) mass is 391 g/mol. The van der Waals surface area contributed by atoms with E-state index in [4.69, 9.17) is 4.74 Å². The molecular weight excluding hydrogens is 370 g/mol. The van der Waals surface area contributed by atoms with E-state index in [0.717, 1.165) is 10.1 Å². The van der Waals surface area contributed by atoms with Crippen LogP contribution in [0.15, 0.2) is 52.3 Å². The van der Waals surface area contributed by atoms with Gasteiger partial charge in [0.15, 0.2) is 0 Å². The van der Waals surface area contributed by atoms with Crippen LogP contribution in [-0.2, 0) is 26.1 Å². The normalized spacial score (nSPS) is 15.4. The fourth-order valence-corrected chi connectivity index (χ4v) is 4.34. The molecule has 0 aliphatic carbocycles. The second kappa shape index (κ2) is 8.03. The van der Waals surface area contributed by atoms with Gasteiger partial charge < -0.3 is 14.6 Å². The van der Waals surface area contributed by atoms with Crippen molar-refractivity contribution < 1.29 is 17.9 Å². The Hall–Kier alpha value is -2.49. The largest absolute Gasteiger partial charge is 0.379 e. The van der Waals surface area contributed by atoms with E-state index in [0.29, 0.717) is 18.9 Å². The zero-order valence-corrected chi connectivity index (χ0v) is 15.7. The Labute approximate surface area is 157 Å². The number of aryl methyl sites for hydroxylation is 1. The number of benzene rings is 1. The van der Waals surface area contributed by atoms with Crippen molar-refractivity contribution in [3.05, 3.63) is 58.5 Å². The number of hydrogen-bond donors (Lipinski definition) is 1. The van der Waals surface area contributed by atoms with Crippen molar-refractivity contribution in [2.75, 3.05) is 31.6 Å². The number of anilines is 1. The number of nitrogens with one attached hydrogen (secondary N) is 1. The van der Waals surface area contributed by atoms with Crippen LogP contribution in [0.25, 0.3) is 0 Å². The van der Waals surface area contributed by atoms with Gasteiger partial charge in [-0.1, -0.05) is 12.1 Å². The first-order valence-corrected chi connectivity index (χ1v) is 9.96. The Morgan fingerprint density at radius 3 is 2.63 bits per heavy atom. The highest BCUT2D eigenvalue weighted by Crippen LogP contribution is 2.13. The van der Waals surface area contributed by atoms with Crippen molar-refractivity contribution in [2.45, 2.75) is 18.4 Å². The standard InChI is InChI=1S/C18H21N3O5S/c1-14-4-2-5-15(12-14)19-17(22)13-20-7-3-6-16(18(20)23)27(24,25)21-8-10-26-11-9-21/h2-7,12H,8-11,13H2,1H3,(H,19,22). The number of carbonyl (C=O) groups is 1. The van der Waals surface area contributed by atoms with E-state index in [1.165, 1.54) is 22.6 Å².